The normalized spacial score (nSPS) is 20.6. The molecule has 2 atom stereocenters. The van der Waals surface area contributed by atoms with Crippen LogP contribution in [0.4, 0.5) is 0 Å². The quantitative estimate of drug-likeness (QED) is 0.680. The van der Waals surface area contributed by atoms with E-state index in [0.717, 1.165) is 10.9 Å². The molecule has 4 nitrogen and oxygen atoms in total. The van der Waals surface area contributed by atoms with Gasteiger partial charge < -0.3 is 10.3 Å². The summed E-state index contributed by atoms with van der Waals surface area (Å²) >= 11 is 12.1. The van der Waals surface area contributed by atoms with E-state index in [9.17, 15) is 9.59 Å². The SMILES string of the molecule is O=C1NC(c2cc3ccccc3[nH]2)C(=O)C1c1ccc(Cl)cc1Cl. The lowest BCUT2D eigenvalue weighted by molar-refractivity contribution is -0.124. The molecule has 24 heavy (non-hydrogen) atoms. The maximum Gasteiger partial charge on any atom is 0.236 e. The standard InChI is InChI=1S/C18H12Cl2N2O2/c19-10-5-6-11(12(20)8-10)15-17(23)16(22-18(15)24)14-7-9-3-1-2-4-13(9)21-14/h1-8,15-16,21H,(H,22,24). The summed E-state index contributed by atoms with van der Waals surface area (Å²) in [6.45, 7) is 0. The van der Waals surface area contributed by atoms with Crippen molar-refractivity contribution < 1.29 is 9.59 Å². The number of benzene rings is 2. The van der Waals surface area contributed by atoms with E-state index in [-0.39, 0.29) is 11.7 Å². The first-order chi connectivity index (χ1) is 11.5. The summed E-state index contributed by atoms with van der Waals surface area (Å²) < 4.78 is 0. The smallest absolute Gasteiger partial charge is 0.236 e. The van der Waals surface area contributed by atoms with Crippen molar-refractivity contribution in [2.75, 3.05) is 0 Å². The van der Waals surface area contributed by atoms with Gasteiger partial charge in [0.1, 0.15) is 12.0 Å². The number of ketones is 1. The first-order valence-corrected chi connectivity index (χ1v) is 8.17. The topological polar surface area (TPSA) is 62.0 Å². The Kier molecular flexibility index (Phi) is 3.59. The summed E-state index contributed by atoms with van der Waals surface area (Å²) in [5.74, 6) is -1.50. The molecule has 1 fully saturated rings. The van der Waals surface area contributed by atoms with Gasteiger partial charge >= 0.3 is 0 Å². The number of hydrogen-bond acceptors (Lipinski definition) is 2. The summed E-state index contributed by atoms with van der Waals surface area (Å²) in [5, 5.41) is 4.52. The van der Waals surface area contributed by atoms with Gasteiger partial charge in [-0.1, -0.05) is 47.5 Å². The molecule has 120 valence electrons. The van der Waals surface area contributed by atoms with Crippen LogP contribution in [0, 0.1) is 0 Å². The van der Waals surface area contributed by atoms with Crippen molar-refractivity contribution in [1.82, 2.24) is 10.3 Å². The van der Waals surface area contributed by atoms with Crippen LogP contribution < -0.4 is 5.32 Å². The van der Waals surface area contributed by atoms with E-state index in [1.54, 1.807) is 12.1 Å². The van der Waals surface area contributed by atoms with E-state index in [2.05, 4.69) is 10.3 Å². The second kappa shape index (κ2) is 5.65. The van der Waals surface area contributed by atoms with E-state index in [0.29, 0.717) is 21.3 Å². The van der Waals surface area contributed by atoms with Gasteiger partial charge in [0, 0.05) is 21.3 Å². The van der Waals surface area contributed by atoms with Crippen LogP contribution in [-0.2, 0) is 9.59 Å². The van der Waals surface area contributed by atoms with E-state index >= 15 is 0 Å². The number of Topliss-reactive ketones (excluding diaryl/α,β-unsaturated/α-hetero) is 1. The van der Waals surface area contributed by atoms with E-state index in [1.165, 1.54) is 6.07 Å². The molecule has 1 saturated heterocycles. The highest BCUT2D eigenvalue weighted by atomic mass is 35.5. The van der Waals surface area contributed by atoms with Crippen molar-refractivity contribution >= 4 is 45.8 Å². The summed E-state index contributed by atoms with van der Waals surface area (Å²) in [6, 6.07) is 13.7. The molecule has 2 N–H and O–H groups in total. The third kappa shape index (κ3) is 2.39. The molecule has 0 aliphatic carbocycles. The zero-order chi connectivity index (χ0) is 16.8. The molecule has 0 bridgehead atoms. The largest absolute Gasteiger partial charge is 0.356 e. The fourth-order valence-electron chi connectivity index (χ4n) is 3.11. The molecule has 1 amide bonds. The monoisotopic (exact) mass is 358 g/mol. The van der Waals surface area contributed by atoms with Gasteiger partial charge in [-0.15, -0.1) is 0 Å². The summed E-state index contributed by atoms with van der Waals surface area (Å²) in [7, 11) is 0. The van der Waals surface area contributed by atoms with Crippen molar-refractivity contribution in [2.45, 2.75) is 12.0 Å². The number of aromatic nitrogens is 1. The Morgan fingerprint density at radius 1 is 0.958 bits per heavy atom. The molecule has 0 spiro atoms. The second-order valence-electron chi connectivity index (χ2n) is 5.75. The van der Waals surface area contributed by atoms with E-state index in [1.807, 2.05) is 30.3 Å². The molecular formula is C18H12Cl2N2O2. The number of aromatic amines is 1. The predicted molar refractivity (Wildman–Crippen MR) is 93.4 cm³/mol. The molecular weight excluding hydrogens is 347 g/mol. The molecule has 6 heteroatoms. The number of carbonyl (C=O) groups is 2. The summed E-state index contributed by atoms with van der Waals surface area (Å²) in [4.78, 5) is 28.4. The average Bonchev–Trinajstić information content (AvgIpc) is 3.09. The lowest BCUT2D eigenvalue weighted by Crippen LogP contribution is -2.21. The van der Waals surface area contributed by atoms with Gasteiger partial charge in [-0.25, -0.2) is 0 Å². The number of amides is 1. The average molecular weight is 359 g/mol. The molecule has 0 radical (unpaired) electrons. The second-order valence-corrected chi connectivity index (χ2v) is 6.60. The van der Waals surface area contributed by atoms with Gasteiger partial charge in [-0.2, -0.15) is 0 Å². The molecule has 2 unspecified atom stereocenters. The molecule has 1 aliphatic rings. The van der Waals surface area contributed by atoms with Crippen LogP contribution in [0.25, 0.3) is 10.9 Å². The zero-order valence-electron chi connectivity index (χ0n) is 12.3. The van der Waals surface area contributed by atoms with Crippen LogP contribution in [0.1, 0.15) is 23.2 Å². The molecule has 0 saturated carbocycles. The number of fused-ring (bicyclic) bond motifs is 1. The van der Waals surface area contributed by atoms with Crippen LogP contribution >= 0.6 is 23.2 Å². The summed E-state index contributed by atoms with van der Waals surface area (Å²) in [5.41, 5.74) is 2.06. The van der Waals surface area contributed by atoms with Crippen LogP contribution in [-0.4, -0.2) is 16.7 Å². The molecule has 3 aromatic rings. The Labute approximate surface area is 147 Å². The summed E-state index contributed by atoms with van der Waals surface area (Å²) in [6.07, 6.45) is 0. The van der Waals surface area contributed by atoms with E-state index < -0.39 is 12.0 Å². The fraction of sp³-hybridized carbons (Fsp3) is 0.111. The molecule has 1 aliphatic heterocycles. The van der Waals surface area contributed by atoms with Crippen LogP contribution in [0.5, 0.6) is 0 Å². The number of halogens is 2. The van der Waals surface area contributed by atoms with Crippen LogP contribution in [0.3, 0.4) is 0 Å². The minimum Gasteiger partial charge on any atom is -0.356 e. The maximum atomic E-state index is 12.8. The minimum atomic E-state index is -0.925. The Morgan fingerprint density at radius 3 is 2.50 bits per heavy atom. The van der Waals surface area contributed by atoms with Gasteiger partial charge in [0.25, 0.3) is 0 Å². The van der Waals surface area contributed by atoms with E-state index in [4.69, 9.17) is 23.2 Å². The number of H-pyrrole nitrogens is 1. The lowest BCUT2D eigenvalue weighted by atomic mass is 9.93. The Hall–Kier alpha value is -2.30. The van der Waals surface area contributed by atoms with Crippen molar-refractivity contribution in [3.63, 3.8) is 0 Å². The Balaban J connectivity index is 1.73. The first kappa shape index (κ1) is 15.2. The highest BCUT2D eigenvalue weighted by molar-refractivity contribution is 6.35. The Morgan fingerprint density at radius 2 is 1.75 bits per heavy atom. The first-order valence-electron chi connectivity index (χ1n) is 7.41. The molecule has 4 rings (SSSR count). The highest BCUT2D eigenvalue weighted by Gasteiger charge is 2.44. The number of hydrogen-bond donors (Lipinski definition) is 2. The fourth-order valence-corrected chi connectivity index (χ4v) is 3.62. The highest BCUT2D eigenvalue weighted by Crippen LogP contribution is 2.36. The lowest BCUT2D eigenvalue weighted by Gasteiger charge is -2.09. The molecule has 2 heterocycles. The van der Waals surface area contributed by atoms with Gasteiger partial charge in [-0.05, 0) is 35.2 Å². The number of rotatable bonds is 2. The van der Waals surface area contributed by atoms with Gasteiger partial charge in [0.05, 0.1) is 0 Å². The van der Waals surface area contributed by atoms with Gasteiger partial charge in [0.15, 0.2) is 5.78 Å². The zero-order valence-corrected chi connectivity index (χ0v) is 13.9. The van der Waals surface area contributed by atoms with Crippen molar-refractivity contribution in [2.24, 2.45) is 0 Å². The van der Waals surface area contributed by atoms with Gasteiger partial charge in [-0.3, -0.25) is 9.59 Å². The predicted octanol–water partition coefficient (Wildman–Crippen LogP) is 4.00. The van der Waals surface area contributed by atoms with Crippen LogP contribution in [0.2, 0.25) is 10.0 Å². The maximum absolute atomic E-state index is 12.8. The van der Waals surface area contributed by atoms with Crippen molar-refractivity contribution in [3.8, 4) is 0 Å². The molecule has 2 aromatic carbocycles. The Bertz CT molecular complexity index is 947. The number of carbonyl (C=O) groups excluding carboxylic acids is 2. The van der Waals surface area contributed by atoms with Crippen LogP contribution in [0.15, 0.2) is 48.5 Å². The third-order valence-electron chi connectivity index (χ3n) is 4.25. The number of nitrogens with one attached hydrogen (secondary N) is 2. The van der Waals surface area contributed by atoms with Gasteiger partial charge in [0.2, 0.25) is 5.91 Å². The third-order valence-corrected chi connectivity index (χ3v) is 4.82. The van der Waals surface area contributed by atoms with Crippen molar-refractivity contribution in [3.05, 3.63) is 69.8 Å². The number of para-hydroxylation sites is 1. The minimum absolute atomic E-state index is 0.226. The van der Waals surface area contributed by atoms with Crippen molar-refractivity contribution in [1.29, 1.82) is 0 Å². The molecule has 1 aromatic heterocycles.